The van der Waals surface area contributed by atoms with Crippen LogP contribution in [0.4, 0.5) is 0 Å². The molecule has 9 rings (SSSR count). The number of rotatable bonds is 11. The fourth-order valence-electron chi connectivity index (χ4n) is 10.9. The van der Waals surface area contributed by atoms with Crippen LogP contribution in [-0.2, 0) is 21.4 Å². The summed E-state index contributed by atoms with van der Waals surface area (Å²) in [5.74, 6) is 0. The maximum atomic E-state index is 2.72. The Kier molecular flexibility index (Phi) is 11.0. The third kappa shape index (κ3) is 6.77. The topological polar surface area (TPSA) is 0 Å². The minimum absolute atomic E-state index is 0.509. The fourth-order valence-corrected chi connectivity index (χ4v) is 30.4. The van der Waals surface area contributed by atoms with E-state index in [0.29, 0.717) is 7.35 Å². The summed E-state index contributed by atoms with van der Waals surface area (Å²) in [5.41, 5.74) is 26.8. The van der Waals surface area contributed by atoms with E-state index in [2.05, 4.69) is 171 Å². The molecule has 3 aliphatic rings. The van der Waals surface area contributed by atoms with Gasteiger partial charge in [0.25, 0.3) is 0 Å². The Morgan fingerprint density at radius 2 is 0.983 bits per heavy atom. The van der Waals surface area contributed by atoms with Gasteiger partial charge in [-0.2, -0.15) is 0 Å². The first-order valence-electron chi connectivity index (χ1n) is 22.1. The third-order valence-electron chi connectivity index (χ3n) is 13.9. The monoisotopic (exact) mass is 939 g/mol. The zero-order valence-electron chi connectivity index (χ0n) is 36.1. The van der Waals surface area contributed by atoms with Crippen molar-refractivity contribution in [2.45, 2.75) is 101 Å². The van der Waals surface area contributed by atoms with Gasteiger partial charge in [-0.3, -0.25) is 0 Å². The van der Waals surface area contributed by atoms with Crippen molar-refractivity contribution in [3.8, 4) is 33.4 Å². The van der Waals surface area contributed by atoms with E-state index in [1.165, 1.54) is 111 Å². The second-order valence-electron chi connectivity index (χ2n) is 17.8. The summed E-state index contributed by atoms with van der Waals surface area (Å²) in [6.07, 6.45) is 12.8. The van der Waals surface area contributed by atoms with Gasteiger partial charge in [0.1, 0.15) is 0 Å². The van der Waals surface area contributed by atoms with Gasteiger partial charge in [0.15, 0.2) is 0 Å². The molecule has 58 heavy (non-hydrogen) atoms. The number of unbranched alkanes of at least 4 members (excludes halogenated alkanes) is 2. The molecule has 0 nitrogen and oxygen atoms in total. The zero-order valence-corrected chi connectivity index (χ0v) is 41.1. The van der Waals surface area contributed by atoms with E-state index in [-0.39, 0.29) is 0 Å². The molecule has 0 radical (unpaired) electrons. The molecule has 0 fully saturated rings. The SMILES string of the molecule is CCCCC1=Cc2c(-c3cc(C)cc(C)c3C)cccc2[CH]1[Hf]([c]1cccc2c1[SiH2]c1ccccc1-2)[CH]1C(CCCC)=Cc2c(-c3cc(C)cc(C)c3C)cccc21. The van der Waals surface area contributed by atoms with Gasteiger partial charge in [0, 0.05) is 0 Å². The zero-order chi connectivity index (χ0) is 40.2. The third-order valence-corrected chi connectivity index (χ3v) is 30.6. The van der Waals surface area contributed by atoms with E-state index in [1.54, 1.807) is 38.2 Å². The van der Waals surface area contributed by atoms with Crippen LogP contribution in [0.15, 0.2) is 114 Å². The standard InChI is InChI=1S/2C22H25.C12H9Si.Hf/c2*1-5-6-8-18-13-19-9-7-10-20(22(19)14-18)21-12-15(2)11-16(3)17(21)4;1-3-7-11-9(5-1)10-6-2-4-8-12(10)13-11;/h2*7,9-14H,5-6,8H2,1-4H3;1-7H,13H2;. The average Bonchev–Trinajstić information content (AvgIpc) is 3.91. The summed E-state index contributed by atoms with van der Waals surface area (Å²) >= 11 is -3.13. The molecule has 0 amide bonds. The Morgan fingerprint density at radius 1 is 0.500 bits per heavy atom. The van der Waals surface area contributed by atoms with Crippen molar-refractivity contribution in [2.24, 2.45) is 0 Å². The summed E-state index contributed by atoms with van der Waals surface area (Å²) in [5, 5.41) is 3.41. The number of aryl methyl sites for hydroxylation is 4. The van der Waals surface area contributed by atoms with Crippen LogP contribution in [-0.4, -0.2) is 9.52 Å². The van der Waals surface area contributed by atoms with E-state index >= 15 is 0 Å². The number of benzene rings is 6. The van der Waals surface area contributed by atoms with E-state index < -0.39 is 31.0 Å². The molecule has 0 saturated carbocycles. The summed E-state index contributed by atoms with van der Waals surface area (Å²) in [6, 6.07) is 41.4. The van der Waals surface area contributed by atoms with Gasteiger partial charge in [-0.05, 0) is 0 Å². The summed E-state index contributed by atoms with van der Waals surface area (Å²) in [7, 11) is -0.616. The van der Waals surface area contributed by atoms with Crippen molar-refractivity contribution in [1.82, 2.24) is 0 Å². The molecule has 2 atom stereocenters. The van der Waals surface area contributed by atoms with Gasteiger partial charge >= 0.3 is 361 Å². The molecule has 0 spiro atoms. The van der Waals surface area contributed by atoms with Crippen LogP contribution in [0.3, 0.4) is 0 Å². The van der Waals surface area contributed by atoms with Crippen molar-refractivity contribution in [2.75, 3.05) is 0 Å². The first kappa shape index (κ1) is 39.4. The summed E-state index contributed by atoms with van der Waals surface area (Å²) < 4.78 is 2.84. The number of fused-ring (bicyclic) bond motifs is 5. The van der Waals surface area contributed by atoms with Gasteiger partial charge in [-0.25, -0.2) is 0 Å². The Labute approximate surface area is 358 Å². The van der Waals surface area contributed by atoms with Crippen LogP contribution in [0, 0.1) is 41.5 Å². The molecule has 2 aliphatic carbocycles. The molecule has 291 valence electrons. The molecule has 2 unspecified atom stereocenters. The molecular formula is C56H59HfSi. The van der Waals surface area contributed by atoms with Crippen molar-refractivity contribution in [3.05, 3.63) is 170 Å². The molecule has 1 heterocycles. The van der Waals surface area contributed by atoms with Gasteiger partial charge in [-0.1, -0.05) is 0 Å². The maximum absolute atomic E-state index is 3.13. The van der Waals surface area contributed by atoms with Crippen LogP contribution in [0.5, 0.6) is 0 Å². The summed E-state index contributed by atoms with van der Waals surface area (Å²) in [4.78, 5) is 0. The van der Waals surface area contributed by atoms with Crippen LogP contribution in [0.2, 0.25) is 0 Å². The number of hydrogen-bond donors (Lipinski definition) is 0. The summed E-state index contributed by atoms with van der Waals surface area (Å²) in [6.45, 7) is 18.6. The number of hydrogen-bond acceptors (Lipinski definition) is 0. The fraction of sp³-hybridized carbons (Fsp3) is 0.286. The van der Waals surface area contributed by atoms with E-state index in [1.807, 2.05) is 3.32 Å². The van der Waals surface area contributed by atoms with Crippen LogP contribution in [0.1, 0.15) is 115 Å². The van der Waals surface area contributed by atoms with Gasteiger partial charge in [0.2, 0.25) is 0 Å². The molecule has 2 heteroatoms. The Hall–Kier alpha value is -4.11. The van der Waals surface area contributed by atoms with E-state index in [9.17, 15) is 0 Å². The van der Waals surface area contributed by atoms with Crippen molar-refractivity contribution >= 4 is 35.4 Å². The van der Waals surface area contributed by atoms with Gasteiger partial charge < -0.3 is 0 Å². The van der Waals surface area contributed by atoms with Crippen LogP contribution >= 0.6 is 0 Å². The van der Waals surface area contributed by atoms with Gasteiger partial charge in [0.05, 0.1) is 0 Å². The molecule has 1 aliphatic heterocycles. The predicted molar refractivity (Wildman–Crippen MR) is 252 cm³/mol. The number of allylic oxidation sites excluding steroid dienone is 2. The molecule has 6 aromatic carbocycles. The van der Waals surface area contributed by atoms with E-state index in [4.69, 9.17) is 0 Å². The van der Waals surface area contributed by atoms with Gasteiger partial charge in [-0.15, -0.1) is 0 Å². The van der Waals surface area contributed by atoms with Crippen molar-refractivity contribution < 1.29 is 21.4 Å². The quantitative estimate of drug-likeness (QED) is 0.113. The first-order valence-corrected chi connectivity index (χ1v) is 29.4. The Balaban J connectivity index is 1.32. The minimum atomic E-state index is -3.13. The predicted octanol–water partition coefficient (Wildman–Crippen LogP) is 12.9. The molecule has 0 saturated heterocycles. The second-order valence-corrected chi connectivity index (χ2v) is 28.9. The van der Waals surface area contributed by atoms with Crippen LogP contribution < -0.4 is 13.7 Å². The Bertz CT molecular complexity index is 2520. The van der Waals surface area contributed by atoms with Crippen LogP contribution in [0.25, 0.3) is 45.5 Å². The molecule has 0 aromatic heterocycles. The normalized spacial score (nSPS) is 16.6. The molecular weight excluding hydrogens is 879 g/mol. The Morgan fingerprint density at radius 3 is 1.52 bits per heavy atom. The van der Waals surface area contributed by atoms with Crippen molar-refractivity contribution in [3.63, 3.8) is 0 Å². The van der Waals surface area contributed by atoms with E-state index in [0.717, 1.165) is 0 Å². The molecule has 6 aromatic rings. The average molecular weight is 939 g/mol. The second kappa shape index (κ2) is 16.2. The molecule has 0 bridgehead atoms. The first-order chi connectivity index (χ1) is 28.2. The van der Waals surface area contributed by atoms with Crippen molar-refractivity contribution in [1.29, 1.82) is 0 Å². The molecule has 0 N–H and O–H groups in total.